The van der Waals surface area contributed by atoms with Crippen LogP contribution in [-0.2, 0) is 10.0 Å². The van der Waals surface area contributed by atoms with Crippen molar-refractivity contribution in [2.24, 2.45) is 0 Å². The van der Waals surface area contributed by atoms with Gasteiger partial charge in [-0.3, -0.25) is 4.72 Å². The van der Waals surface area contributed by atoms with Crippen LogP contribution in [-0.4, -0.2) is 18.4 Å². The highest BCUT2D eigenvalue weighted by molar-refractivity contribution is 7.94. The fraction of sp³-hybridized carbons (Fsp3) is 0.200. The number of thiazole rings is 1. The monoisotopic (exact) mass is 337 g/mol. The molecular weight excluding hydrogens is 329 g/mol. The fourth-order valence-corrected chi connectivity index (χ4v) is 4.62. The average Bonchev–Trinajstić information content (AvgIpc) is 2.64. The van der Waals surface area contributed by atoms with Gasteiger partial charge in [0.25, 0.3) is 10.0 Å². The zero-order valence-corrected chi connectivity index (χ0v) is 13.1. The Balaban J connectivity index is 2.45. The SMILES string of the molecule is Cc1ccnc(Cl)c1NS(=O)(=O)c1sc(Cl)nc1C. The largest absolute Gasteiger partial charge is 0.275 e. The van der Waals surface area contributed by atoms with E-state index >= 15 is 0 Å². The van der Waals surface area contributed by atoms with Gasteiger partial charge in [0, 0.05) is 6.20 Å². The van der Waals surface area contributed by atoms with Crippen LogP contribution in [0.1, 0.15) is 11.3 Å². The molecule has 0 aromatic carbocycles. The molecule has 19 heavy (non-hydrogen) atoms. The third-order valence-corrected chi connectivity index (χ3v) is 5.83. The van der Waals surface area contributed by atoms with E-state index in [0.717, 1.165) is 11.3 Å². The van der Waals surface area contributed by atoms with E-state index < -0.39 is 10.0 Å². The summed E-state index contributed by atoms with van der Waals surface area (Å²) in [6.07, 6.45) is 1.50. The van der Waals surface area contributed by atoms with Gasteiger partial charge in [-0.05, 0) is 25.5 Å². The van der Waals surface area contributed by atoms with Crippen LogP contribution in [0.2, 0.25) is 9.62 Å². The Morgan fingerprint density at radius 1 is 1.32 bits per heavy atom. The van der Waals surface area contributed by atoms with E-state index in [9.17, 15) is 8.42 Å². The molecule has 0 spiro atoms. The maximum atomic E-state index is 12.3. The van der Waals surface area contributed by atoms with Crippen molar-refractivity contribution in [1.82, 2.24) is 9.97 Å². The molecule has 2 aromatic heterocycles. The molecule has 0 unspecified atom stereocenters. The molecule has 9 heteroatoms. The summed E-state index contributed by atoms with van der Waals surface area (Å²) < 4.78 is 27.2. The Hall–Kier alpha value is -0.890. The lowest BCUT2D eigenvalue weighted by Crippen LogP contribution is -2.14. The molecule has 0 saturated heterocycles. The lowest BCUT2D eigenvalue weighted by Gasteiger charge is -2.10. The molecule has 2 aromatic rings. The van der Waals surface area contributed by atoms with Crippen molar-refractivity contribution >= 4 is 50.2 Å². The minimum Gasteiger partial charge on any atom is -0.275 e. The zero-order chi connectivity index (χ0) is 14.2. The van der Waals surface area contributed by atoms with Crippen LogP contribution in [0.5, 0.6) is 0 Å². The van der Waals surface area contributed by atoms with Crippen molar-refractivity contribution in [3.63, 3.8) is 0 Å². The van der Waals surface area contributed by atoms with Gasteiger partial charge in [-0.2, -0.15) is 0 Å². The summed E-state index contributed by atoms with van der Waals surface area (Å²) in [6, 6.07) is 1.66. The second kappa shape index (κ2) is 5.24. The second-order valence-electron chi connectivity index (χ2n) is 3.74. The van der Waals surface area contributed by atoms with Gasteiger partial charge in [0.2, 0.25) is 0 Å². The molecule has 0 aliphatic rings. The van der Waals surface area contributed by atoms with Crippen LogP contribution in [0.3, 0.4) is 0 Å². The Morgan fingerprint density at radius 3 is 2.53 bits per heavy atom. The van der Waals surface area contributed by atoms with Crippen molar-refractivity contribution in [3.05, 3.63) is 33.1 Å². The van der Waals surface area contributed by atoms with Crippen molar-refractivity contribution in [1.29, 1.82) is 0 Å². The highest BCUT2D eigenvalue weighted by atomic mass is 35.5. The minimum absolute atomic E-state index is 0.0665. The molecule has 5 nitrogen and oxygen atoms in total. The summed E-state index contributed by atoms with van der Waals surface area (Å²) in [7, 11) is -3.77. The summed E-state index contributed by atoms with van der Waals surface area (Å²) in [4.78, 5) is 7.73. The van der Waals surface area contributed by atoms with Crippen molar-refractivity contribution in [2.45, 2.75) is 18.1 Å². The predicted molar refractivity (Wildman–Crippen MR) is 76.7 cm³/mol. The third kappa shape index (κ3) is 3.00. The van der Waals surface area contributed by atoms with E-state index in [1.807, 2.05) is 0 Å². The summed E-state index contributed by atoms with van der Waals surface area (Å²) in [5.74, 6) is 0. The molecule has 0 atom stereocenters. The maximum absolute atomic E-state index is 12.3. The first-order valence-electron chi connectivity index (χ1n) is 5.08. The Labute approximate surface area is 124 Å². The molecule has 0 aliphatic carbocycles. The van der Waals surface area contributed by atoms with Gasteiger partial charge in [-0.25, -0.2) is 18.4 Å². The van der Waals surface area contributed by atoms with Gasteiger partial charge in [0.1, 0.15) is 0 Å². The molecule has 0 radical (unpaired) electrons. The van der Waals surface area contributed by atoms with E-state index in [1.165, 1.54) is 6.20 Å². The first kappa shape index (κ1) is 14.5. The average molecular weight is 338 g/mol. The Kier molecular flexibility index (Phi) is 4.00. The van der Waals surface area contributed by atoms with Crippen molar-refractivity contribution in [3.8, 4) is 0 Å². The van der Waals surface area contributed by atoms with Crippen LogP contribution in [0.15, 0.2) is 16.5 Å². The number of hydrogen-bond acceptors (Lipinski definition) is 5. The molecule has 2 rings (SSSR count). The summed E-state index contributed by atoms with van der Waals surface area (Å²) in [6.45, 7) is 3.31. The topological polar surface area (TPSA) is 72.0 Å². The number of nitrogens with one attached hydrogen (secondary N) is 1. The quantitative estimate of drug-likeness (QED) is 0.872. The van der Waals surface area contributed by atoms with E-state index in [0.29, 0.717) is 11.3 Å². The molecule has 0 amide bonds. The Morgan fingerprint density at radius 2 is 2.00 bits per heavy atom. The molecule has 0 aliphatic heterocycles. The van der Waals surface area contributed by atoms with E-state index in [2.05, 4.69) is 14.7 Å². The number of aryl methyl sites for hydroxylation is 2. The lowest BCUT2D eigenvalue weighted by atomic mass is 10.3. The minimum atomic E-state index is -3.77. The molecule has 2 heterocycles. The highest BCUT2D eigenvalue weighted by Crippen LogP contribution is 2.31. The fourth-order valence-electron chi connectivity index (χ4n) is 1.43. The standard InChI is InChI=1S/C10H9Cl2N3O2S2/c1-5-3-4-13-8(11)7(5)15-19(16,17)9-6(2)14-10(12)18-9/h3-4,15H,1-2H3. The van der Waals surface area contributed by atoms with Crippen molar-refractivity contribution in [2.75, 3.05) is 4.72 Å². The summed E-state index contributed by atoms with van der Waals surface area (Å²) in [5, 5.41) is 0.0943. The molecule has 0 fully saturated rings. The van der Waals surface area contributed by atoms with Gasteiger partial charge in [-0.15, -0.1) is 0 Å². The highest BCUT2D eigenvalue weighted by Gasteiger charge is 2.23. The van der Waals surface area contributed by atoms with E-state index in [-0.39, 0.29) is 19.5 Å². The molecule has 1 N–H and O–H groups in total. The maximum Gasteiger partial charge on any atom is 0.273 e. The third-order valence-electron chi connectivity index (χ3n) is 2.32. The van der Waals surface area contributed by atoms with E-state index in [4.69, 9.17) is 23.2 Å². The van der Waals surface area contributed by atoms with Gasteiger partial charge in [0.05, 0.1) is 11.4 Å². The number of pyridine rings is 1. The number of halogens is 2. The molecule has 0 bridgehead atoms. The number of nitrogens with zero attached hydrogens (tertiary/aromatic N) is 2. The van der Waals surface area contributed by atoms with Crippen LogP contribution >= 0.6 is 34.5 Å². The smallest absolute Gasteiger partial charge is 0.273 e. The van der Waals surface area contributed by atoms with Crippen LogP contribution in [0.4, 0.5) is 5.69 Å². The molecular formula is C10H9Cl2N3O2S2. The number of anilines is 1. The van der Waals surface area contributed by atoms with Crippen LogP contribution < -0.4 is 4.72 Å². The second-order valence-corrected chi connectivity index (χ2v) is 7.56. The van der Waals surface area contributed by atoms with Crippen LogP contribution in [0, 0.1) is 13.8 Å². The molecule has 0 saturated carbocycles. The number of hydrogen-bond donors (Lipinski definition) is 1. The van der Waals surface area contributed by atoms with E-state index in [1.54, 1.807) is 19.9 Å². The predicted octanol–water partition coefficient (Wildman–Crippen LogP) is 3.26. The first-order chi connectivity index (χ1) is 8.81. The number of aromatic nitrogens is 2. The Bertz CT molecular complexity index is 708. The van der Waals surface area contributed by atoms with Gasteiger partial charge >= 0.3 is 0 Å². The summed E-state index contributed by atoms with van der Waals surface area (Å²) in [5.41, 5.74) is 1.28. The van der Waals surface area contributed by atoms with Crippen LogP contribution in [0.25, 0.3) is 0 Å². The van der Waals surface area contributed by atoms with Gasteiger partial charge in [0.15, 0.2) is 13.8 Å². The number of sulfonamides is 1. The van der Waals surface area contributed by atoms with Gasteiger partial charge in [-0.1, -0.05) is 34.5 Å². The van der Waals surface area contributed by atoms with Gasteiger partial charge < -0.3 is 0 Å². The first-order valence-corrected chi connectivity index (χ1v) is 8.13. The summed E-state index contributed by atoms with van der Waals surface area (Å²) >= 11 is 12.5. The number of rotatable bonds is 3. The zero-order valence-electron chi connectivity index (χ0n) is 9.94. The normalized spacial score (nSPS) is 11.6. The van der Waals surface area contributed by atoms with Crippen molar-refractivity contribution < 1.29 is 8.42 Å². The lowest BCUT2D eigenvalue weighted by molar-refractivity contribution is 0.602. The molecule has 102 valence electrons.